The molecule has 0 spiro atoms. The van der Waals surface area contributed by atoms with Crippen LogP contribution in [-0.4, -0.2) is 13.4 Å². The number of nitriles is 1. The molecule has 0 saturated carbocycles. The number of benzene rings is 1. The number of hydrogen-bond donors (Lipinski definition) is 0. The lowest BCUT2D eigenvalue weighted by atomic mass is 10.2. The van der Waals surface area contributed by atoms with Crippen molar-refractivity contribution in [3.8, 4) is 6.07 Å². The van der Waals surface area contributed by atoms with Gasteiger partial charge in [-0.15, -0.1) is 0 Å². The van der Waals surface area contributed by atoms with Gasteiger partial charge >= 0.3 is 0 Å². The van der Waals surface area contributed by atoms with E-state index < -0.39 is 9.84 Å². The molecule has 1 aromatic heterocycles. The van der Waals surface area contributed by atoms with Crippen molar-refractivity contribution in [3.05, 3.63) is 65.0 Å². The monoisotopic (exact) mass is 286 g/mol. The smallest absolute Gasteiger partial charge is 0.158 e. The second kappa shape index (κ2) is 5.85. The van der Waals surface area contributed by atoms with E-state index in [1.165, 1.54) is 12.3 Å². The summed E-state index contributed by atoms with van der Waals surface area (Å²) >= 11 is 0. The van der Waals surface area contributed by atoms with E-state index in [0.717, 1.165) is 11.1 Å². The van der Waals surface area contributed by atoms with Crippen LogP contribution in [-0.2, 0) is 21.3 Å². The summed E-state index contributed by atoms with van der Waals surface area (Å²) in [5.74, 6) is -0.0863. The van der Waals surface area contributed by atoms with E-state index in [1.54, 1.807) is 12.1 Å². The van der Waals surface area contributed by atoms with E-state index in [9.17, 15) is 8.42 Å². The summed E-state index contributed by atoms with van der Waals surface area (Å²) in [4.78, 5) is 3.83. The third kappa shape index (κ3) is 3.90. The molecule has 0 amide bonds. The topological polar surface area (TPSA) is 70.8 Å². The van der Waals surface area contributed by atoms with Crippen LogP contribution in [0.3, 0.4) is 0 Å². The Labute approximate surface area is 118 Å². The van der Waals surface area contributed by atoms with Crippen LogP contribution in [0, 0.1) is 18.3 Å². The maximum Gasteiger partial charge on any atom is 0.158 e. The van der Waals surface area contributed by atoms with Gasteiger partial charge in [-0.05, 0) is 30.2 Å². The fraction of sp³-hybridized carbons (Fsp3) is 0.200. The molecule has 0 aliphatic rings. The van der Waals surface area contributed by atoms with Gasteiger partial charge in [-0.3, -0.25) is 0 Å². The quantitative estimate of drug-likeness (QED) is 0.865. The van der Waals surface area contributed by atoms with Crippen molar-refractivity contribution in [1.82, 2.24) is 4.98 Å². The zero-order valence-electron chi connectivity index (χ0n) is 11.1. The Balaban J connectivity index is 2.17. The van der Waals surface area contributed by atoms with Crippen molar-refractivity contribution in [2.45, 2.75) is 18.4 Å². The molecule has 0 atom stereocenters. The van der Waals surface area contributed by atoms with Gasteiger partial charge in [0.25, 0.3) is 0 Å². The van der Waals surface area contributed by atoms with E-state index in [4.69, 9.17) is 5.26 Å². The Morgan fingerprint density at radius 3 is 2.50 bits per heavy atom. The second-order valence-electron chi connectivity index (χ2n) is 4.68. The molecule has 0 N–H and O–H groups in total. The average molecular weight is 286 g/mol. The summed E-state index contributed by atoms with van der Waals surface area (Å²) < 4.78 is 24.4. The Bertz CT molecular complexity index is 761. The highest BCUT2D eigenvalue weighted by Gasteiger charge is 2.13. The van der Waals surface area contributed by atoms with Crippen LogP contribution in [0.15, 0.2) is 42.6 Å². The van der Waals surface area contributed by atoms with Crippen LogP contribution in [0.4, 0.5) is 0 Å². The normalized spacial score (nSPS) is 11.0. The minimum absolute atomic E-state index is 0.00110. The molecule has 0 saturated heterocycles. The van der Waals surface area contributed by atoms with Gasteiger partial charge in [0.1, 0.15) is 11.8 Å². The highest BCUT2D eigenvalue weighted by atomic mass is 32.2. The molecule has 102 valence electrons. The lowest BCUT2D eigenvalue weighted by Crippen LogP contribution is -2.08. The highest BCUT2D eigenvalue weighted by molar-refractivity contribution is 7.89. The molecule has 2 rings (SSSR count). The summed E-state index contributed by atoms with van der Waals surface area (Å²) in [6.45, 7) is 1.93. The molecular formula is C15H14N2O2S. The molecule has 1 heterocycles. The predicted molar refractivity (Wildman–Crippen MR) is 76.5 cm³/mol. The molecule has 0 bridgehead atoms. The van der Waals surface area contributed by atoms with Gasteiger partial charge in [0.15, 0.2) is 9.84 Å². The van der Waals surface area contributed by atoms with Gasteiger partial charge in [-0.1, -0.05) is 29.8 Å². The number of sulfone groups is 1. The lowest BCUT2D eigenvalue weighted by molar-refractivity contribution is 0.594. The first-order valence-electron chi connectivity index (χ1n) is 6.09. The molecular weight excluding hydrogens is 272 g/mol. The molecule has 0 aliphatic carbocycles. The zero-order chi connectivity index (χ0) is 14.6. The van der Waals surface area contributed by atoms with Crippen LogP contribution in [0.25, 0.3) is 0 Å². The van der Waals surface area contributed by atoms with E-state index in [2.05, 4.69) is 4.98 Å². The largest absolute Gasteiger partial charge is 0.246 e. The first kappa shape index (κ1) is 14.2. The van der Waals surface area contributed by atoms with Gasteiger partial charge < -0.3 is 0 Å². The first-order chi connectivity index (χ1) is 9.48. The Kier molecular flexibility index (Phi) is 4.16. The van der Waals surface area contributed by atoms with Gasteiger partial charge in [-0.25, -0.2) is 13.4 Å². The molecule has 5 heteroatoms. The van der Waals surface area contributed by atoms with Gasteiger partial charge in [0, 0.05) is 6.20 Å². The SMILES string of the molecule is Cc1cccc(CS(=O)(=O)Cc2ccnc(C#N)c2)c1. The first-order valence-corrected chi connectivity index (χ1v) is 7.92. The van der Waals surface area contributed by atoms with E-state index in [0.29, 0.717) is 5.56 Å². The van der Waals surface area contributed by atoms with Crippen molar-refractivity contribution in [2.24, 2.45) is 0 Å². The maximum absolute atomic E-state index is 12.2. The van der Waals surface area contributed by atoms with E-state index in [-0.39, 0.29) is 17.2 Å². The van der Waals surface area contributed by atoms with Gasteiger partial charge in [-0.2, -0.15) is 5.26 Å². The number of rotatable bonds is 4. The van der Waals surface area contributed by atoms with Crippen molar-refractivity contribution in [1.29, 1.82) is 5.26 Å². The van der Waals surface area contributed by atoms with Gasteiger partial charge in [0.05, 0.1) is 11.5 Å². The van der Waals surface area contributed by atoms with Gasteiger partial charge in [0.2, 0.25) is 0 Å². The summed E-state index contributed by atoms with van der Waals surface area (Å²) in [5.41, 5.74) is 2.63. The maximum atomic E-state index is 12.2. The third-order valence-corrected chi connectivity index (χ3v) is 4.34. The Morgan fingerprint density at radius 1 is 1.15 bits per heavy atom. The molecule has 2 aromatic rings. The Hall–Kier alpha value is -2.19. The fourth-order valence-corrected chi connectivity index (χ4v) is 3.46. The fourth-order valence-electron chi connectivity index (χ4n) is 1.99. The van der Waals surface area contributed by atoms with Crippen molar-refractivity contribution in [2.75, 3.05) is 0 Å². The molecule has 0 fully saturated rings. The lowest BCUT2D eigenvalue weighted by Gasteiger charge is -2.06. The van der Waals surface area contributed by atoms with E-state index >= 15 is 0 Å². The molecule has 1 aromatic carbocycles. The molecule has 4 nitrogen and oxygen atoms in total. The zero-order valence-corrected chi connectivity index (χ0v) is 11.9. The Morgan fingerprint density at radius 2 is 1.85 bits per heavy atom. The summed E-state index contributed by atoms with van der Waals surface area (Å²) in [6, 6.07) is 12.5. The number of aryl methyl sites for hydroxylation is 1. The predicted octanol–water partition coefficient (Wildman–Crippen LogP) is 2.38. The number of pyridine rings is 1. The molecule has 0 aliphatic heterocycles. The average Bonchev–Trinajstić information content (AvgIpc) is 2.37. The number of aromatic nitrogens is 1. The number of hydrogen-bond acceptors (Lipinski definition) is 4. The highest BCUT2D eigenvalue weighted by Crippen LogP contribution is 2.13. The van der Waals surface area contributed by atoms with E-state index in [1.807, 2.05) is 31.2 Å². The van der Waals surface area contributed by atoms with Crippen LogP contribution in [0.2, 0.25) is 0 Å². The molecule has 0 unspecified atom stereocenters. The van der Waals surface area contributed by atoms with Crippen molar-refractivity contribution >= 4 is 9.84 Å². The van der Waals surface area contributed by atoms with Crippen LogP contribution < -0.4 is 0 Å². The van der Waals surface area contributed by atoms with Crippen LogP contribution in [0.1, 0.15) is 22.4 Å². The minimum Gasteiger partial charge on any atom is -0.246 e. The van der Waals surface area contributed by atoms with Crippen molar-refractivity contribution in [3.63, 3.8) is 0 Å². The summed E-state index contributed by atoms with van der Waals surface area (Å²) in [7, 11) is -3.27. The third-order valence-electron chi connectivity index (χ3n) is 2.79. The van der Waals surface area contributed by atoms with Crippen molar-refractivity contribution < 1.29 is 8.42 Å². The standard InChI is InChI=1S/C15H14N2O2S/c1-12-3-2-4-13(7-12)10-20(18,19)11-14-5-6-17-15(8-14)9-16/h2-8H,10-11H2,1H3. The van der Waals surface area contributed by atoms with Crippen LogP contribution >= 0.6 is 0 Å². The summed E-state index contributed by atoms with van der Waals surface area (Å²) in [6.07, 6.45) is 1.45. The van der Waals surface area contributed by atoms with Crippen LogP contribution in [0.5, 0.6) is 0 Å². The number of nitrogens with zero attached hydrogens (tertiary/aromatic N) is 2. The minimum atomic E-state index is -3.27. The molecule has 0 radical (unpaired) electrons. The second-order valence-corrected chi connectivity index (χ2v) is 6.75. The summed E-state index contributed by atoms with van der Waals surface area (Å²) in [5, 5.41) is 8.76. The molecule has 20 heavy (non-hydrogen) atoms.